The van der Waals surface area contributed by atoms with Gasteiger partial charge in [0.1, 0.15) is 11.3 Å². The van der Waals surface area contributed by atoms with Crippen molar-refractivity contribution in [3.8, 4) is 16.9 Å². The SMILES string of the molecule is CCN(CC)C1CCN(C(=O)c2ccc(-c3ccc(O)c(C(=O)O)c3)cc2)C1. The number of phenols is 1. The molecule has 0 saturated carbocycles. The summed E-state index contributed by atoms with van der Waals surface area (Å²) in [7, 11) is 0. The van der Waals surface area contributed by atoms with Crippen LogP contribution >= 0.6 is 0 Å². The van der Waals surface area contributed by atoms with Crippen molar-refractivity contribution in [3.05, 3.63) is 53.6 Å². The fourth-order valence-electron chi connectivity index (χ4n) is 3.84. The fraction of sp³-hybridized carbons (Fsp3) is 0.364. The third kappa shape index (κ3) is 4.02. The molecule has 1 aliphatic rings. The smallest absolute Gasteiger partial charge is 0.339 e. The second-order valence-corrected chi connectivity index (χ2v) is 7.03. The number of rotatable bonds is 6. The molecule has 2 N–H and O–H groups in total. The van der Waals surface area contributed by atoms with Crippen LogP contribution in [0.1, 0.15) is 41.0 Å². The van der Waals surface area contributed by atoms with E-state index in [0.717, 1.165) is 38.2 Å². The molecule has 1 atom stereocenters. The summed E-state index contributed by atoms with van der Waals surface area (Å²) >= 11 is 0. The molecule has 1 saturated heterocycles. The number of nitrogens with zero attached hydrogens (tertiary/aromatic N) is 2. The molecule has 1 heterocycles. The average Bonchev–Trinajstić information content (AvgIpc) is 3.18. The Labute approximate surface area is 165 Å². The molecule has 1 aliphatic heterocycles. The molecule has 2 aromatic carbocycles. The van der Waals surface area contributed by atoms with Gasteiger partial charge in [-0.15, -0.1) is 0 Å². The van der Waals surface area contributed by atoms with Crippen molar-refractivity contribution < 1.29 is 19.8 Å². The van der Waals surface area contributed by atoms with Crippen molar-refractivity contribution in [3.63, 3.8) is 0 Å². The molecule has 28 heavy (non-hydrogen) atoms. The lowest BCUT2D eigenvalue weighted by molar-refractivity contribution is 0.0693. The molecule has 1 unspecified atom stereocenters. The van der Waals surface area contributed by atoms with E-state index < -0.39 is 5.97 Å². The summed E-state index contributed by atoms with van der Waals surface area (Å²) in [5.41, 5.74) is 1.96. The van der Waals surface area contributed by atoms with Crippen molar-refractivity contribution in [2.45, 2.75) is 26.3 Å². The van der Waals surface area contributed by atoms with Crippen LogP contribution in [0.4, 0.5) is 0 Å². The summed E-state index contributed by atoms with van der Waals surface area (Å²) in [6, 6.07) is 12.1. The van der Waals surface area contributed by atoms with E-state index in [4.69, 9.17) is 5.11 Å². The van der Waals surface area contributed by atoms with E-state index in [1.807, 2.05) is 17.0 Å². The number of carbonyl (C=O) groups excluding carboxylic acids is 1. The quantitative estimate of drug-likeness (QED) is 0.801. The highest BCUT2D eigenvalue weighted by molar-refractivity contribution is 5.95. The second-order valence-electron chi connectivity index (χ2n) is 7.03. The minimum atomic E-state index is -1.18. The Balaban J connectivity index is 1.74. The van der Waals surface area contributed by atoms with E-state index in [2.05, 4.69) is 18.7 Å². The van der Waals surface area contributed by atoms with E-state index in [0.29, 0.717) is 17.2 Å². The predicted molar refractivity (Wildman–Crippen MR) is 108 cm³/mol. The Hall–Kier alpha value is -2.86. The van der Waals surface area contributed by atoms with Gasteiger partial charge in [-0.3, -0.25) is 9.69 Å². The van der Waals surface area contributed by atoms with Gasteiger partial charge in [-0.25, -0.2) is 4.79 Å². The summed E-state index contributed by atoms with van der Waals surface area (Å²) in [5, 5.41) is 18.8. The topological polar surface area (TPSA) is 81.1 Å². The van der Waals surface area contributed by atoms with Crippen LogP contribution in [0.3, 0.4) is 0 Å². The number of aromatic carboxylic acids is 1. The molecule has 1 amide bonds. The van der Waals surface area contributed by atoms with Crippen molar-refractivity contribution in [2.75, 3.05) is 26.2 Å². The van der Waals surface area contributed by atoms with Crippen molar-refractivity contribution in [1.82, 2.24) is 9.80 Å². The van der Waals surface area contributed by atoms with Gasteiger partial charge < -0.3 is 15.1 Å². The molecule has 0 spiro atoms. The summed E-state index contributed by atoms with van der Waals surface area (Å²) in [5.74, 6) is -1.42. The minimum Gasteiger partial charge on any atom is -0.507 e. The van der Waals surface area contributed by atoms with Gasteiger partial charge in [0.25, 0.3) is 5.91 Å². The zero-order valence-electron chi connectivity index (χ0n) is 16.3. The molecular weight excluding hydrogens is 356 g/mol. The first-order valence-electron chi connectivity index (χ1n) is 9.64. The number of hydrogen-bond acceptors (Lipinski definition) is 4. The van der Waals surface area contributed by atoms with Gasteiger partial charge in [-0.1, -0.05) is 32.0 Å². The number of carbonyl (C=O) groups is 2. The molecule has 0 aromatic heterocycles. The van der Waals surface area contributed by atoms with Gasteiger partial charge in [0.05, 0.1) is 0 Å². The Kier molecular flexibility index (Phi) is 5.99. The molecule has 1 fully saturated rings. The van der Waals surface area contributed by atoms with Gasteiger partial charge >= 0.3 is 5.97 Å². The maximum atomic E-state index is 12.8. The first kappa shape index (κ1) is 19.9. The predicted octanol–water partition coefficient (Wildman–Crippen LogP) is 3.31. The van der Waals surface area contributed by atoms with Crippen molar-refractivity contribution in [2.24, 2.45) is 0 Å². The number of likely N-dealkylation sites (tertiary alicyclic amines) is 1. The fourth-order valence-corrected chi connectivity index (χ4v) is 3.84. The molecule has 0 radical (unpaired) electrons. The van der Waals surface area contributed by atoms with Crippen LogP contribution in [0, 0.1) is 0 Å². The minimum absolute atomic E-state index is 0.0261. The standard InChI is InChI=1S/C22H26N2O4/c1-3-23(4-2)18-11-12-24(14-18)21(26)16-7-5-15(6-8-16)17-9-10-20(25)19(13-17)22(27)28/h5-10,13,18,25H,3-4,11-12,14H2,1-2H3,(H,27,28). The van der Waals surface area contributed by atoms with Gasteiger partial charge in [0.15, 0.2) is 0 Å². The third-order valence-corrected chi connectivity index (χ3v) is 5.47. The highest BCUT2D eigenvalue weighted by Gasteiger charge is 2.29. The van der Waals surface area contributed by atoms with Gasteiger partial charge in [0, 0.05) is 24.7 Å². The lowest BCUT2D eigenvalue weighted by Gasteiger charge is -2.26. The Morgan fingerprint density at radius 1 is 1.07 bits per heavy atom. The van der Waals surface area contributed by atoms with Crippen LogP contribution in [0.25, 0.3) is 11.1 Å². The summed E-state index contributed by atoms with van der Waals surface area (Å²) < 4.78 is 0. The molecule has 0 aliphatic carbocycles. The number of amides is 1. The zero-order valence-corrected chi connectivity index (χ0v) is 16.3. The van der Waals surface area contributed by atoms with Crippen LogP contribution in [0.2, 0.25) is 0 Å². The molecular formula is C22H26N2O4. The van der Waals surface area contributed by atoms with E-state index in [1.54, 1.807) is 18.2 Å². The van der Waals surface area contributed by atoms with Crippen molar-refractivity contribution >= 4 is 11.9 Å². The lowest BCUT2D eigenvalue weighted by Crippen LogP contribution is -2.38. The Bertz CT molecular complexity index is 859. The molecule has 3 rings (SSSR count). The van der Waals surface area contributed by atoms with E-state index in [9.17, 15) is 14.7 Å². The number of likely N-dealkylation sites (N-methyl/N-ethyl adjacent to an activating group) is 1. The Morgan fingerprint density at radius 2 is 1.71 bits per heavy atom. The summed E-state index contributed by atoms with van der Waals surface area (Å²) in [6.07, 6.45) is 0.997. The molecule has 0 bridgehead atoms. The number of aromatic hydroxyl groups is 1. The largest absolute Gasteiger partial charge is 0.507 e. The number of hydrogen-bond donors (Lipinski definition) is 2. The summed E-state index contributed by atoms with van der Waals surface area (Å²) in [6.45, 7) is 7.78. The van der Waals surface area contributed by atoms with Gasteiger partial charge in [-0.05, 0) is 54.9 Å². The summed E-state index contributed by atoms with van der Waals surface area (Å²) in [4.78, 5) is 28.3. The third-order valence-electron chi connectivity index (χ3n) is 5.47. The maximum absolute atomic E-state index is 12.8. The Morgan fingerprint density at radius 3 is 2.32 bits per heavy atom. The first-order chi connectivity index (χ1) is 13.4. The lowest BCUT2D eigenvalue weighted by atomic mass is 10.0. The van der Waals surface area contributed by atoms with Gasteiger partial charge in [0.2, 0.25) is 0 Å². The molecule has 6 heteroatoms. The van der Waals surface area contributed by atoms with Crippen LogP contribution in [0.15, 0.2) is 42.5 Å². The van der Waals surface area contributed by atoms with Crippen LogP contribution in [-0.4, -0.2) is 64.1 Å². The number of benzene rings is 2. The normalized spacial score (nSPS) is 16.5. The second kappa shape index (κ2) is 8.44. The molecule has 2 aromatic rings. The van der Waals surface area contributed by atoms with E-state index >= 15 is 0 Å². The van der Waals surface area contributed by atoms with E-state index in [1.165, 1.54) is 12.1 Å². The van der Waals surface area contributed by atoms with Gasteiger partial charge in [-0.2, -0.15) is 0 Å². The van der Waals surface area contributed by atoms with Crippen LogP contribution in [-0.2, 0) is 0 Å². The first-order valence-corrected chi connectivity index (χ1v) is 9.64. The number of carboxylic acids is 1. The average molecular weight is 382 g/mol. The number of carboxylic acid groups (broad SMARTS) is 1. The highest BCUT2D eigenvalue weighted by atomic mass is 16.4. The highest BCUT2D eigenvalue weighted by Crippen LogP contribution is 2.27. The monoisotopic (exact) mass is 382 g/mol. The zero-order chi connectivity index (χ0) is 20.3. The molecule has 6 nitrogen and oxygen atoms in total. The van der Waals surface area contributed by atoms with E-state index in [-0.39, 0.29) is 17.2 Å². The molecule has 148 valence electrons. The van der Waals surface area contributed by atoms with Crippen LogP contribution in [0.5, 0.6) is 5.75 Å². The van der Waals surface area contributed by atoms with Crippen molar-refractivity contribution in [1.29, 1.82) is 0 Å². The van der Waals surface area contributed by atoms with Crippen LogP contribution < -0.4 is 0 Å². The maximum Gasteiger partial charge on any atom is 0.339 e.